The first-order chi connectivity index (χ1) is 8.83. The molecule has 0 fully saturated rings. The van der Waals surface area contributed by atoms with Crippen molar-refractivity contribution in [3.05, 3.63) is 42.0 Å². The van der Waals surface area contributed by atoms with Crippen LogP contribution < -0.4 is 4.74 Å². The van der Waals surface area contributed by atoms with Crippen LogP contribution in [0.3, 0.4) is 0 Å². The minimum Gasteiger partial charge on any atom is -0.494 e. The molecule has 0 bridgehead atoms. The van der Waals surface area contributed by atoms with Crippen LogP contribution in [0.5, 0.6) is 5.75 Å². The predicted molar refractivity (Wildman–Crippen MR) is 79.9 cm³/mol. The van der Waals surface area contributed by atoms with Crippen molar-refractivity contribution < 1.29 is 4.74 Å². The molecule has 0 saturated heterocycles. The van der Waals surface area contributed by atoms with E-state index in [-0.39, 0.29) is 0 Å². The summed E-state index contributed by atoms with van der Waals surface area (Å²) in [5, 5.41) is 1.12. The van der Waals surface area contributed by atoms with Gasteiger partial charge in [-0.3, -0.25) is 4.99 Å². The Morgan fingerprint density at radius 1 is 1.33 bits per heavy atom. The highest BCUT2D eigenvalue weighted by Gasteiger charge is 2.11. The van der Waals surface area contributed by atoms with E-state index < -0.39 is 0 Å². The van der Waals surface area contributed by atoms with Crippen LogP contribution in [0, 0.1) is 0 Å². The summed E-state index contributed by atoms with van der Waals surface area (Å²) >= 11 is 1.70. The Labute approximate surface area is 113 Å². The molecular weight excluding hydrogens is 242 g/mol. The monoisotopic (exact) mass is 261 g/mol. The van der Waals surface area contributed by atoms with E-state index in [1.807, 2.05) is 12.1 Å². The molecule has 3 heteroatoms. The van der Waals surface area contributed by atoms with Crippen molar-refractivity contribution in [2.75, 3.05) is 19.4 Å². The van der Waals surface area contributed by atoms with Crippen molar-refractivity contribution in [1.29, 1.82) is 0 Å². The highest BCUT2D eigenvalue weighted by Crippen LogP contribution is 2.24. The molecule has 18 heavy (non-hydrogen) atoms. The summed E-state index contributed by atoms with van der Waals surface area (Å²) in [5.41, 5.74) is 1.30. The van der Waals surface area contributed by atoms with Crippen LogP contribution in [0.1, 0.15) is 24.8 Å². The second kappa shape index (κ2) is 6.64. The fraction of sp³-hybridized carbons (Fsp3) is 0.400. The maximum absolute atomic E-state index is 5.58. The van der Waals surface area contributed by atoms with Gasteiger partial charge in [-0.05, 0) is 36.4 Å². The Bertz CT molecular complexity index is 436. The molecule has 1 atom stereocenters. The fourth-order valence-corrected chi connectivity index (χ4v) is 2.30. The Hall–Kier alpha value is -1.22. The average molecular weight is 261 g/mol. The van der Waals surface area contributed by atoms with Gasteiger partial charge in [0.15, 0.2) is 0 Å². The van der Waals surface area contributed by atoms with Gasteiger partial charge in [0.05, 0.1) is 18.2 Å². The maximum Gasteiger partial charge on any atom is 0.119 e. The molecule has 1 aliphatic heterocycles. The smallest absolute Gasteiger partial charge is 0.119 e. The number of ether oxygens (including phenoxy) is 1. The van der Waals surface area contributed by atoms with Crippen LogP contribution in [0.15, 0.2) is 41.4 Å². The van der Waals surface area contributed by atoms with Gasteiger partial charge in [-0.25, -0.2) is 0 Å². The SMILES string of the molecule is CCCOc1ccc(C2C=CC(SC)=NC2)cc1. The van der Waals surface area contributed by atoms with E-state index in [0.29, 0.717) is 5.92 Å². The predicted octanol–water partition coefficient (Wildman–Crippen LogP) is 3.89. The van der Waals surface area contributed by atoms with Gasteiger partial charge in [-0.1, -0.05) is 25.1 Å². The first kappa shape index (κ1) is 13.2. The first-order valence-corrected chi connectivity index (χ1v) is 7.55. The zero-order valence-corrected chi connectivity index (χ0v) is 11.7. The Morgan fingerprint density at radius 2 is 2.11 bits per heavy atom. The first-order valence-electron chi connectivity index (χ1n) is 6.33. The topological polar surface area (TPSA) is 21.6 Å². The third-order valence-corrected chi connectivity index (χ3v) is 3.59. The molecule has 0 aliphatic carbocycles. The minimum atomic E-state index is 0.404. The summed E-state index contributed by atoms with van der Waals surface area (Å²) in [6.45, 7) is 3.74. The molecule has 0 aromatic heterocycles. The van der Waals surface area contributed by atoms with Crippen molar-refractivity contribution in [3.8, 4) is 5.75 Å². The molecule has 1 aromatic rings. The van der Waals surface area contributed by atoms with Gasteiger partial charge < -0.3 is 4.74 Å². The van der Waals surface area contributed by atoms with Crippen molar-refractivity contribution in [2.24, 2.45) is 4.99 Å². The van der Waals surface area contributed by atoms with E-state index >= 15 is 0 Å². The fourth-order valence-electron chi connectivity index (χ4n) is 1.88. The van der Waals surface area contributed by atoms with Crippen molar-refractivity contribution in [3.63, 3.8) is 0 Å². The zero-order valence-electron chi connectivity index (χ0n) is 10.9. The van der Waals surface area contributed by atoms with E-state index in [2.05, 4.69) is 42.5 Å². The molecule has 96 valence electrons. The Balaban J connectivity index is 1.98. The van der Waals surface area contributed by atoms with Gasteiger partial charge >= 0.3 is 0 Å². The lowest BCUT2D eigenvalue weighted by Crippen LogP contribution is -2.06. The lowest BCUT2D eigenvalue weighted by Gasteiger charge is -2.15. The van der Waals surface area contributed by atoms with Crippen LogP contribution >= 0.6 is 11.8 Å². The normalized spacial score (nSPS) is 18.6. The number of hydrogen-bond acceptors (Lipinski definition) is 3. The average Bonchev–Trinajstić information content (AvgIpc) is 2.46. The summed E-state index contributed by atoms with van der Waals surface area (Å²) < 4.78 is 5.58. The molecule has 0 spiro atoms. The van der Waals surface area contributed by atoms with Crippen molar-refractivity contribution >= 4 is 16.8 Å². The van der Waals surface area contributed by atoms with Crippen LogP contribution in [0.2, 0.25) is 0 Å². The van der Waals surface area contributed by atoms with E-state index in [0.717, 1.165) is 30.4 Å². The quantitative estimate of drug-likeness (QED) is 0.820. The number of aliphatic imine (C=N–C) groups is 1. The lowest BCUT2D eigenvalue weighted by atomic mass is 9.97. The molecule has 0 saturated carbocycles. The van der Waals surface area contributed by atoms with Gasteiger partial charge in [-0.2, -0.15) is 0 Å². The standard InChI is InChI=1S/C15H19NOS/c1-3-10-17-14-7-4-12(5-8-14)13-6-9-15(18-2)16-11-13/h4-9,13H,3,10-11H2,1-2H3. The van der Waals surface area contributed by atoms with Gasteiger partial charge in [0.25, 0.3) is 0 Å². The molecular formula is C15H19NOS. The summed E-state index contributed by atoms with van der Waals surface area (Å²) in [5.74, 6) is 1.36. The number of rotatable bonds is 4. The largest absolute Gasteiger partial charge is 0.494 e. The summed E-state index contributed by atoms with van der Waals surface area (Å²) in [4.78, 5) is 4.54. The van der Waals surface area contributed by atoms with Crippen LogP contribution in [-0.4, -0.2) is 24.5 Å². The number of dihydropyridines is 1. The second-order valence-electron chi connectivity index (χ2n) is 4.27. The second-order valence-corrected chi connectivity index (χ2v) is 5.09. The van der Waals surface area contributed by atoms with E-state index in [4.69, 9.17) is 4.74 Å². The van der Waals surface area contributed by atoms with Gasteiger partial charge in [0.2, 0.25) is 0 Å². The minimum absolute atomic E-state index is 0.404. The summed E-state index contributed by atoms with van der Waals surface area (Å²) in [7, 11) is 0. The van der Waals surface area contributed by atoms with E-state index in [1.165, 1.54) is 5.56 Å². The summed E-state index contributed by atoms with van der Waals surface area (Å²) in [6.07, 6.45) is 7.45. The molecule has 2 nitrogen and oxygen atoms in total. The molecule has 0 amide bonds. The number of benzene rings is 1. The molecule has 0 radical (unpaired) electrons. The highest BCUT2D eigenvalue weighted by atomic mass is 32.2. The van der Waals surface area contributed by atoms with E-state index in [1.54, 1.807) is 11.8 Å². The van der Waals surface area contributed by atoms with Gasteiger partial charge in [-0.15, -0.1) is 11.8 Å². The van der Waals surface area contributed by atoms with Crippen molar-refractivity contribution in [2.45, 2.75) is 19.3 Å². The molecule has 1 unspecified atom stereocenters. The Morgan fingerprint density at radius 3 is 2.67 bits per heavy atom. The third kappa shape index (κ3) is 3.39. The van der Waals surface area contributed by atoms with Crippen LogP contribution in [0.25, 0.3) is 0 Å². The van der Waals surface area contributed by atoms with Crippen LogP contribution in [-0.2, 0) is 0 Å². The number of thioether (sulfide) groups is 1. The van der Waals surface area contributed by atoms with Crippen molar-refractivity contribution in [1.82, 2.24) is 0 Å². The molecule has 2 rings (SSSR count). The molecule has 0 N–H and O–H groups in total. The van der Waals surface area contributed by atoms with Gasteiger partial charge in [0.1, 0.15) is 5.75 Å². The van der Waals surface area contributed by atoms with E-state index in [9.17, 15) is 0 Å². The zero-order chi connectivity index (χ0) is 12.8. The lowest BCUT2D eigenvalue weighted by molar-refractivity contribution is 0.317. The molecule has 1 aromatic carbocycles. The molecule has 1 heterocycles. The third-order valence-electron chi connectivity index (χ3n) is 2.91. The Kier molecular flexibility index (Phi) is 4.88. The summed E-state index contributed by atoms with van der Waals surface area (Å²) in [6, 6.07) is 8.37. The van der Waals surface area contributed by atoms with Crippen LogP contribution in [0.4, 0.5) is 0 Å². The van der Waals surface area contributed by atoms with Gasteiger partial charge in [0, 0.05) is 5.92 Å². The number of hydrogen-bond donors (Lipinski definition) is 0. The number of nitrogens with zero attached hydrogens (tertiary/aromatic N) is 1. The maximum atomic E-state index is 5.58. The molecule has 1 aliphatic rings. The highest BCUT2D eigenvalue weighted by molar-refractivity contribution is 8.13.